The molecular formula is C12H18BrNO2S. The van der Waals surface area contributed by atoms with Crippen LogP contribution >= 0.6 is 15.9 Å². The molecule has 17 heavy (non-hydrogen) atoms. The number of benzene rings is 1. The Morgan fingerprint density at radius 2 is 1.94 bits per heavy atom. The molecular weight excluding hydrogens is 302 g/mol. The van der Waals surface area contributed by atoms with E-state index in [0.717, 1.165) is 12.0 Å². The van der Waals surface area contributed by atoms with Crippen molar-refractivity contribution < 1.29 is 8.42 Å². The number of hydrogen-bond acceptors (Lipinski definition) is 2. The van der Waals surface area contributed by atoms with Gasteiger partial charge in [0.1, 0.15) is 0 Å². The Labute approximate surface area is 112 Å². The molecule has 1 aromatic carbocycles. The van der Waals surface area contributed by atoms with Gasteiger partial charge in [-0.25, -0.2) is 13.1 Å². The molecule has 0 aromatic heterocycles. The van der Waals surface area contributed by atoms with Crippen LogP contribution in [-0.4, -0.2) is 25.5 Å². The number of hydrogen-bond donors (Lipinski definition) is 1. The molecule has 1 atom stereocenters. The standard InChI is InChI=1S/C12H18BrNO2S/c1-2-12(10-13)14-17(15,16)9-8-11-6-4-3-5-7-11/h3-7,12,14H,2,8-10H2,1H3. The first-order chi connectivity index (χ1) is 8.07. The van der Waals surface area contributed by atoms with Crippen LogP contribution in [0.4, 0.5) is 0 Å². The summed E-state index contributed by atoms with van der Waals surface area (Å²) in [6.45, 7) is 1.96. The van der Waals surface area contributed by atoms with Gasteiger partial charge in [0.05, 0.1) is 5.75 Å². The molecule has 96 valence electrons. The summed E-state index contributed by atoms with van der Waals surface area (Å²) in [7, 11) is -3.18. The van der Waals surface area contributed by atoms with Gasteiger partial charge >= 0.3 is 0 Å². The molecule has 0 heterocycles. The zero-order chi connectivity index (χ0) is 12.7. The van der Waals surface area contributed by atoms with Crippen molar-refractivity contribution in [1.29, 1.82) is 0 Å². The van der Waals surface area contributed by atoms with Crippen LogP contribution in [0.15, 0.2) is 30.3 Å². The normalized spacial score (nSPS) is 13.5. The van der Waals surface area contributed by atoms with E-state index in [-0.39, 0.29) is 11.8 Å². The molecule has 1 rings (SSSR count). The number of sulfonamides is 1. The van der Waals surface area contributed by atoms with Crippen LogP contribution in [0, 0.1) is 0 Å². The highest BCUT2D eigenvalue weighted by molar-refractivity contribution is 9.09. The molecule has 1 aromatic rings. The van der Waals surface area contributed by atoms with Gasteiger partial charge in [0.2, 0.25) is 10.0 Å². The van der Waals surface area contributed by atoms with E-state index in [1.807, 2.05) is 37.3 Å². The van der Waals surface area contributed by atoms with Gasteiger partial charge in [0.15, 0.2) is 0 Å². The highest BCUT2D eigenvalue weighted by atomic mass is 79.9. The SMILES string of the molecule is CCC(CBr)NS(=O)(=O)CCc1ccccc1. The lowest BCUT2D eigenvalue weighted by Crippen LogP contribution is -2.37. The summed E-state index contributed by atoms with van der Waals surface area (Å²) in [6, 6.07) is 9.63. The fourth-order valence-corrected chi connectivity index (χ4v) is 3.65. The molecule has 3 nitrogen and oxygen atoms in total. The topological polar surface area (TPSA) is 46.2 Å². The third kappa shape index (κ3) is 5.66. The van der Waals surface area contributed by atoms with Crippen LogP contribution in [-0.2, 0) is 16.4 Å². The van der Waals surface area contributed by atoms with Crippen LogP contribution in [0.25, 0.3) is 0 Å². The first kappa shape index (κ1) is 14.7. The van der Waals surface area contributed by atoms with Crippen LogP contribution in [0.1, 0.15) is 18.9 Å². The Bertz CT molecular complexity index is 415. The lowest BCUT2D eigenvalue weighted by atomic mass is 10.2. The highest BCUT2D eigenvalue weighted by Gasteiger charge is 2.15. The summed E-state index contributed by atoms with van der Waals surface area (Å²) in [4.78, 5) is 0. The largest absolute Gasteiger partial charge is 0.212 e. The van der Waals surface area contributed by atoms with Gasteiger partial charge in [0, 0.05) is 11.4 Å². The number of rotatable bonds is 7. The van der Waals surface area contributed by atoms with E-state index in [0.29, 0.717) is 11.8 Å². The minimum atomic E-state index is -3.18. The van der Waals surface area contributed by atoms with E-state index in [9.17, 15) is 8.42 Å². The van der Waals surface area contributed by atoms with E-state index in [2.05, 4.69) is 20.7 Å². The zero-order valence-electron chi connectivity index (χ0n) is 9.90. The van der Waals surface area contributed by atoms with E-state index >= 15 is 0 Å². The molecule has 0 fully saturated rings. The van der Waals surface area contributed by atoms with Crippen molar-refractivity contribution in [3.63, 3.8) is 0 Å². The molecule has 0 saturated carbocycles. The molecule has 0 aliphatic rings. The molecule has 0 aliphatic carbocycles. The minimum absolute atomic E-state index is 0.0178. The minimum Gasteiger partial charge on any atom is -0.212 e. The first-order valence-electron chi connectivity index (χ1n) is 5.67. The van der Waals surface area contributed by atoms with E-state index in [4.69, 9.17) is 0 Å². The third-order valence-corrected chi connectivity index (χ3v) is 4.74. The van der Waals surface area contributed by atoms with Crippen LogP contribution < -0.4 is 4.72 Å². The van der Waals surface area contributed by atoms with Crippen molar-refractivity contribution in [2.45, 2.75) is 25.8 Å². The molecule has 0 radical (unpaired) electrons. The van der Waals surface area contributed by atoms with Gasteiger partial charge in [-0.2, -0.15) is 0 Å². The van der Waals surface area contributed by atoms with Gasteiger partial charge in [-0.3, -0.25) is 0 Å². The second kappa shape index (κ2) is 7.13. The summed E-state index contributed by atoms with van der Waals surface area (Å²) in [6.07, 6.45) is 1.34. The Morgan fingerprint density at radius 1 is 1.29 bits per heavy atom. The summed E-state index contributed by atoms with van der Waals surface area (Å²) >= 11 is 3.30. The van der Waals surface area contributed by atoms with Crippen LogP contribution in [0.2, 0.25) is 0 Å². The molecule has 0 saturated heterocycles. The summed E-state index contributed by atoms with van der Waals surface area (Å²) in [5.74, 6) is 0.139. The Morgan fingerprint density at radius 3 is 2.47 bits per heavy atom. The number of aryl methyl sites for hydroxylation is 1. The maximum absolute atomic E-state index is 11.8. The average molecular weight is 320 g/mol. The second-order valence-electron chi connectivity index (χ2n) is 3.93. The number of alkyl halides is 1. The van der Waals surface area contributed by atoms with Crippen molar-refractivity contribution in [1.82, 2.24) is 4.72 Å². The van der Waals surface area contributed by atoms with E-state index in [1.54, 1.807) is 0 Å². The van der Waals surface area contributed by atoms with Crippen molar-refractivity contribution in [2.24, 2.45) is 0 Å². The predicted molar refractivity (Wildman–Crippen MR) is 74.9 cm³/mol. The Balaban J connectivity index is 2.50. The average Bonchev–Trinajstić information content (AvgIpc) is 2.35. The Hall–Kier alpha value is -0.390. The maximum Gasteiger partial charge on any atom is 0.212 e. The second-order valence-corrected chi connectivity index (χ2v) is 6.45. The fourth-order valence-electron chi connectivity index (χ4n) is 1.43. The zero-order valence-corrected chi connectivity index (χ0v) is 12.3. The van der Waals surface area contributed by atoms with Gasteiger partial charge in [-0.15, -0.1) is 0 Å². The number of nitrogens with one attached hydrogen (secondary N) is 1. The fraction of sp³-hybridized carbons (Fsp3) is 0.500. The molecule has 0 spiro atoms. The van der Waals surface area contributed by atoms with E-state index < -0.39 is 10.0 Å². The number of halogens is 1. The van der Waals surface area contributed by atoms with Crippen molar-refractivity contribution in [2.75, 3.05) is 11.1 Å². The smallest absolute Gasteiger partial charge is 0.212 e. The van der Waals surface area contributed by atoms with Crippen molar-refractivity contribution in [3.8, 4) is 0 Å². The lowest BCUT2D eigenvalue weighted by molar-refractivity contribution is 0.558. The van der Waals surface area contributed by atoms with Gasteiger partial charge < -0.3 is 0 Å². The first-order valence-corrected chi connectivity index (χ1v) is 8.44. The highest BCUT2D eigenvalue weighted by Crippen LogP contribution is 2.04. The summed E-state index contributed by atoms with van der Waals surface area (Å²) < 4.78 is 26.3. The molecule has 0 amide bonds. The molecule has 0 bridgehead atoms. The van der Waals surface area contributed by atoms with Gasteiger partial charge in [-0.1, -0.05) is 53.2 Å². The molecule has 1 unspecified atom stereocenters. The van der Waals surface area contributed by atoms with Crippen LogP contribution in [0.5, 0.6) is 0 Å². The quantitative estimate of drug-likeness (QED) is 0.784. The van der Waals surface area contributed by atoms with Crippen molar-refractivity contribution in [3.05, 3.63) is 35.9 Å². The molecule has 0 aliphatic heterocycles. The predicted octanol–water partition coefficient (Wildman–Crippen LogP) is 2.32. The molecule has 1 N–H and O–H groups in total. The summed E-state index contributed by atoms with van der Waals surface area (Å²) in [5, 5.41) is 0.647. The summed E-state index contributed by atoms with van der Waals surface area (Å²) in [5.41, 5.74) is 1.05. The van der Waals surface area contributed by atoms with Gasteiger partial charge in [-0.05, 0) is 18.4 Å². The Kier molecular flexibility index (Phi) is 6.16. The van der Waals surface area contributed by atoms with Crippen LogP contribution in [0.3, 0.4) is 0 Å². The lowest BCUT2D eigenvalue weighted by Gasteiger charge is -2.14. The monoisotopic (exact) mass is 319 g/mol. The maximum atomic E-state index is 11.8. The van der Waals surface area contributed by atoms with Gasteiger partial charge in [0.25, 0.3) is 0 Å². The third-order valence-electron chi connectivity index (χ3n) is 2.53. The molecule has 5 heteroatoms. The van der Waals surface area contributed by atoms with E-state index in [1.165, 1.54) is 0 Å². The van der Waals surface area contributed by atoms with Crippen molar-refractivity contribution >= 4 is 26.0 Å².